The molecule has 6 nitrogen and oxygen atoms in total. The molecule has 0 aromatic heterocycles. The average Bonchev–Trinajstić information content (AvgIpc) is 2.66. The number of nitrogens with two attached hydrogens (primary N) is 1. The van der Waals surface area contributed by atoms with E-state index in [0.717, 1.165) is 16.3 Å². The van der Waals surface area contributed by atoms with E-state index >= 15 is 0 Å². The predicted molar refractivity (Wildman–Crippen MR) is 100 cm³/mol. The third-order valence-electron chi connectivity index (χ3n) is 4.53. The highest BCUT2D eigenvalue weighted by Gasteiger charge is 2.37. The Bertz CT molecular complexity index is 1010. The Balaban J connectivity index is 2.34. The highest BCUT2D eigenvalue weighted by Crippen LogP contribution is 2.44. The summed E-state index contributed by atoms with van der Waals surface area (Å²) in [6.07, 6.45) is 0. The Kier molecular flexibility index (Phi) is 5.04. The zero-order valence-electron chi connectivity index (χ0n) is 15.4. The van der Waals surface area contributed by atoms with Crippen LogP contribution in [0, 0.1) is 11.3 Å². The van der Waals surface area contributed by atoms with Crippen LogP contribution >= 0.6 is 0 Å². The van der Waals surface area contributed by atoms with Crippen molar-refractivity contribution in [3.63, 3.8) is 0 Å². The maximum absolute atomic E-state index is 12.7. The number of allylic oxidation sites excluding steroid dienone is 2. The van der Waals surface area contributed by atoms with Crippen LogP contribution in [0.15, 0.2) is 59.2 Å². The standard InChI is InChI=1S/C21H20N2O4/c1-4-26-21(24)17-12(2)27-20(23)15(11-22)19(17)14-9-5-7-13-8-6-10-16(25-3)18(13)14/h5-10,19H,4,23H2,1-3H3. The zero-order chi connectivity index (χ0) is 19.6. The normalized spacial score (nSPS) is 16.7. The molecule has 1 aliphatic rings. The summed E-state index contributed by atoms with van der Waals surface area (Å²) < 4.78 is 16.2. The molecule has 0 saturated heterocycles. The molecule has 1 atom stereocenters. The second-order valence-electron chi connectivity index (χ2n) is 6.02. The van der Waals surface area contributed by atoms with Gasteiger partial charge in [0, 0.05) is 5.39 Å². The number of fused-ring (bicyclic) bond motifs is 1. The van der Waals surface area contributed by atoms with E-state index in [1.165, 1.54) is 0 Å². The molecule has 138 valence electrons. The lowest BCUT2D eigenvalue weighted by Gasteiger charge is -2.28. The molecule has 0 amide bonds. The van der Waals surface area contributed by atoms with Crippen LogP contribution < -0.4 is 10.5 Å². The molecule has 1 aliphatic heterocycles. The van der Waals surface area contributed by atoms with Crippen molar-refractivity contribution in [2.45, 2.75) is 19.8 Å². The van der Waals surface area contributed by atoms with Crippen LogP contribution in [0.4, 0.5) is 0 Å². The minimum Gasteiger partial charge on any atom is -0.496 e. The lowest BCUT2D eigenvalue weighted by molar-refractivity contribution is -0.139. The van der Waals surface area contributed by atoms with E-state index in [9.17, 15) is 10.1 Å². The molecule has 0 saturated carbocycles. The van der Waals surface area contributed by atoms with Crippen molar-refractivity contribution in [3.8, 4) is 11.8 Å². The van der Waals surface area contributed by atoms with Crippen molar-refractivity contribution in [1.29, 1.82) is 5.26 Å². The van der Waals surface area contributed by atoms with Crippen LogP contribution in [0.3, 0.4) is 0 Å². The average molecular weight is 364 g/mol. The Hall–Kier alpha value is -3.46. The van der Waals surface area contributed by atoms with Crippen molar-refractivity contribution in [2.24, 2.45) is 5.73 Å². The molecule has 1 heterocycles. The van der Waals surface area contributed by atoms with E-state index in [-0.39, 0.29) is 23.6 Å². The fourth-order valence-corrected chi connectivity index (χ4v) is 3.41. The van der Waals surface area contributed by atoms with Gasteiger partial charge in [-0.1, -0.05) is 30.3 Å². The van der Waals surface area contributed by atoms with E-state index in [4.69, 9.17) is 19.9 Å². The second-order valence-corrected chi connectivity index (χ2v) is 6.02. The molecule has 0 spiro atoms. The van der Waals surface area contributed by atoms with Crippen molar-refractivity contribution in [1.82, 2.24) is 0 Å². The Morgan fingerprint density at radius 2 is 2.00 bits per heavy atom. The molecule has 2 aromatic rings. The van der Waals surface area contributed by atoms with Gasteiger partial charge < -0.3 is 19.9 Å². The monoisotopic (exact) mass is 364 g/mol. The van der Waals surface area contributed by atoms with E-state index in [0.29, 0.717) is 11.5 Å². The molecule has 6 heteroatoms. The van der Waals surface area contributed by atoms with Gasteiger partial charge >= 0.3 is 5.97 Å². The number of hydrogen-bond donors (Lipinski definition) is 1. The SMILES string of the molecule is CCOC(=O)C1=C(C)OC(N)=C(C#N)C1c1cccc2cccc(OC)c12. The van der Waals surface area contributed by atoms with Crippen LogP contribution in [-0.2, 0) is 14.3 Å². The van der Waals surface area contributed by atoms with Crippen LogP contribution in [0.1, 0.15) is 25.3 Å². The Morgan fingerprint density at radius 1 is 1.30 bits per heavy atom. The van der Waals surface area contributed by atoms with E-state index in [2.05, 4.69) is 6.07 Å². The number of methoxy groups -OCH3 is 1. The van der Waals surface area contributed by atoms with Gasteiger partial charge in [0.25, 0.3) is 0 Å². The summed E-state index contributed by atoms with van der Waals surface area (Å²) in [5.41, 5.74) is 7.14. The Labute approximate surface area is 157 Å². The van der Waals surface area contributed by atoms with Crippen molar-refractivity contribution >= 4 is 16.7 Å². The maximum atomic E-state index is 12.7. The fraction of sp³-hybridized carbons (Fsp3) is 0.238. The highest BCUT2D eigenvalue weighted by molar-refractivity contribution is 5.97. The topological polar surface area (TPSA) is 94.6 Å². The summed E-state index contributed by atoms with van der Waals surface area (Å²) >= 11 is 0. The quantitative estimate of drug-likeness (QED) is 0.835. The van der Waals surface area contributed by atoms with E-state index in [1.807, 2.05) is 36.4 Å². The first-order chi connectivity index (χ1) is 13.0. The molecule has 2 N–H and O–H groups in total. The summed E-state index contributed by atoms with van der Waals surface area (Å²) in [7, 11) is 1.58. The molecule has 0 radical (unpaired) electrons. The van der Waals surface area contributed by atoms with Gasteiger partial charge in [0.1, 0.15) is 23.2 Å². The molecule has 0 aliphatic carbocycles. The molecule has 2 aromatic carbocycles. The summed E-state index contributed by atoms with van der Waals surface area (Å²) in [5, 5.41) is 11.5. The lowest BCUT2D eigenvalue weighted by atomic mass is 9.81. The first-order valence-electron chi connectivity index (χ1n) is 8.54. The summed E-state index contributed by atoms with van der Waals surface area (Å²) in [6.45, 7) is 3.58. The summed E-state index contributed by atoms with van der Waals surface area (Å²) in [6, 6.07) is 13.4. The molecule has 0 bridgehead atoms. The van der Waals surface area contributed by atoms with Crippen LogP contribution in [0.25, 0.3) is 10.8 Å². The number of hydrogen-bond acceptors (Lipinski definition) is 6. The van der Waals surface area contributed by atoms with Gasteiger partial charge in [-0.05, 0) is 30.9 Å². The third-order valence-corrected chi connectivity index (χ3v) is 4.53. The number of esters is 1. The number of ether oxygens (including phenoxy) is 3. The number of nitriles is 1. The minimum atomic E-state index is -0.706. The van der Waals surface area contributed by atoms with Crippen LogP contribution in [0.2, 0.25) is 0 Å². The third kappa shape index (κ3) is 3.08. The highest BCUT2D eigenvalue weighted by atomic mass is 16.5. The van der Waals surface area contributed by atoms with Gasteiger partial charge in [-0.15, -0.1) is 0 Å². The number of nitrogens with zero attached hydrogens (tertiary/aromatic N) is 1. The second kappa shape index (κ2) is 7.42. The van der Waals surface area contributed by atoms with Crippen molar-refractivity contribution < 1.29 is 19.0 Å². The minimum absolute atomic E-state index is 0.0139. The zero-order valence-corrected chi connectivity index (χ0v) is 15.4. The maximum Gasteiger partial charge on any atom is 0.338 e. The molecule has 27 heavy (non-hydrogen) atoms. The summed E-state index contributed by atoms with van der Waals surface area (Å²) in [4.78, 5) is 12.7. The van der Waals surface area contributed by atoms with Gasteiger partial charge in [-0.3, -0.25) is 0 Å². The van der Waals surface area contributed by atoms with Crippen LogP contribution in [-0.4, -0.2) is 19.7 Å². The molecule has 3 rings (SSSR count). The first-order valence-corrected chi connectivity index (χ1v) is 8.54. The smallest absolute Gasteiger partial charge is 0.338 e. The first kappa shape index (κ1) is 18.3. The molecule has 0 fully saturated rings. The van der Waals surface area contributed by atoms with Gasteiger partial charge in [-0.2, -0.15) is 5.26 Å². The fourth-order valence-electron chi connectivity index (χ4n) is 3.41. The summed E-state index contributed by atoms with van der Waals surface area (Å²) in [5.74, 6) is -0.289. The number of carbonyl (C=O) groups excluding carboxylic acids is 1. The molecular formula is C21H20N2O4. The van der Waals surface area contributed by atoms with Crippen molar-refractivity contribution in [3.05, 3.63) is 64.8 Å². The van der Waals surface area contributed by atoms with Gasteiger partial charge in [-0.25, -0.2) is 4.79 Å². The van der Waals surface area contributed by atoms with Crippen LogP contribution in [0.5, 0.6) is 5.75 Å². The molecule has 1 unspecified atom stereocenters. The largest absolute Gasteiger partial charge is 0.496 e. The number of benzene rings is 2. The number of carbonyl (C=O) groups is 1. The van der Waals surface area contributed by atoms with Gasteiger partial charge in [0.05, 0.1) is 25.2 Å². The van der Waals surface area contributed by atoms with Gasteiger partial charge in [0.2, 0.25) is 5.88 Å². The van der Waals surface area contributed by atoms with E-state index in [1.54, 1.807) is 21.0 Å². The predicted octanol–water partition coefficient (Wildman–Crippen LogP) is 3.49. The van der Waals surface area contributed by atoms with E-state index < -0.39 is 11.9 Å². The van der Waals surface area contributed by atoms with Crippen molar-refractivity contribution in [2.75, 3.05) is 13.7 Å². The number of rotatable bonds is 4. The lowest BCUT2D eigenvalue weighted by Crippen LogP contribution is -2.25. The molecular weight excluding hydrogens is 344 g/mol. The Morgan fingerprint density at radius 3 is 2.63 bits per heavy atom. The van der Waals surface area contributed by atoms with Gasteiger partial charge in [0.15, 0.2) is 0 Å².